The van der Waals surface area contributed by atoms with Gasteiger partial charge in [0.25, 0.3) is 5.91 Å². The highest BCUT2D eigenvalue weighted by Gasteiger charge is 2.18. The largest absolute Gasteiger partial charge is 0.348 e. The third-order valence-electron chi connectivity index (χ3n) is 3.27. The van der Waals surface area contributed by atoms with Crippen molar-refractivity contribution >= 4 is 17.2 Å². The molecular weight excluding hydrogens is 260 g/mol. The molecule has 1 amide bonds. The number of thiophene rings is 1. The molecule has 3 rings (SSSR count). The van der Waals surface area contributed by atoms with Gasteiger partial charge in [-0.2, -0.15) is 5.10 Å². The molecule has 5 nitrogen and oxygen atoms in total. The summed E-state index contributed by atoms with van der Waals surface area (Å²) in [6.07, 6.45) is 1.96. The Kier molecular flexibility index (Phi) is 3.61. The van der Waals surface area contributed by atoms with E-state index in [0.29, 0.717) is 5.69 Å². The van der Waals surface area contributed by atoms with Crippen molar-refractivity contribution in [2.75, 3.05) is 13.1 Å². The summed E-state index contributed by atoms with van der Waals surface area (Å²) < 4.78 is 0. The Hall–Kier alpha value is -1.66. The van der Waals surface area contributed by atoms with Crippen LogP contribution in [0.2, 0.25) is 0 Å². The molecule has 1 aliphatic rings. The van der Waals surface area contributed by atoms with Gasteiger partial charge in [0.15, 0.2) is 5.69 Å². The number of amides is 1. The Morgan fingerprint density at radius 1 is 1.42 bits per heavy atom. The summed E-state index contributed by atoms with van der Waals surface area (Å²) in [4.78, 5) is 13.2. The fourth-order valence-electron chi connectivity index (χ4n) is 2.22. The molecule has 1 saturated heterocycles. The second-order valence-corrected chi connectivity index (χ2v) is 5.59. The molecule has 0 spiro atoms. The number of carbonyl (C=O) groups excluding carboxylic acids is 1. The van der Waals surface area contributed by atoms with Crippen LogP contribution >= 0.6 is 11.3 Å². The smallest absolute Gasteiger partial charge is 0.272 e. The van der Waals surface area contributed by atoms with Crippen LogP contribution in [0.5, 0.6) is 0 Å². The maximum Gasteiger partial charge on any atom is 0.272 e. The van der Waals surface area contributed by atoms with Crippen molar-refractivity contribution in [1.82, 2.24) is 20.8 Å². The van der Waals surface area contributed by atoms with Gasteiger partial charge in [-0.25, -0.2) is 0 Å². The molecule has 3 heterocycles. The van der Waals surface area contributed by atoms with Crippen molar-refractivity contribution in [3.8, 4) is 10.6 Å². The first kappa shape index (κ1) is 12.4. The first-order valence-corrected chi connectivity index (χ1v) is 7.32. The summed E-state index contributed by atoms with van der Waals surface area (Å²) in [7, 11) is 0. The van der Waals surface area contributed by atoms with Crippen LogP contribution < -0.4 is 10.6 Å². The molecule has 0 radical (unpaired) electrons. The number of piperidine rings is 1. The van der Waals surface area contributed by atoms with Crippen LogP contribution in [0.15, 0.2) is 23.6 Å². The van der Waals surface area contributed by atoms with Gasteiger partial charge in [0.2, 0.25) is 0 Å². The fourth-order valence-corrected chi connectivity index (χ4v) is 2.91. The second kappa shape index (κ2) is 5.54. The Morgan fingerprint density at radius 3 is 3.00 bits per heavy atom. The molecule has 0 aromatic carbocycles. The average Bonchev–Trinajstić information content (AvgIpc) is 3.11. The van der Waals surface area contributed by atoms with Crippen molar-refractivity contribution in [2.45, 2.75) is 18.9 Å². The van der Waals surface area contributed by atoms with E-state index in [9.17, 15) is 4.79 Å². The third kappa shape index (κ3) is 2.85. The summed E-state index contributed by atoms with van der Waals surface area (Å²) in [5.74, 6) is -0.0917. The SMILES string of the molecule is O=C(NC1CCNCC1)c1cc(-c2cccs2)[nH]n1. The van der Waals surface area contributed by atoms with Crippen LogP contribution in [0.3, 0.4) is 0 Å². The van der Waals surface area contributed by atoms with E-state index in [1.165, 1.54) is 0 Å². The molecule has 0 bridgehead atoms. The third-order valence-corrected chi connectivity index (χ3v) is 4.17. The van der Waals surface area contributed by atoms with E-state index in [-0.39, 0.29) is 11.9 Å². The second-order valence-electron chi connectivity index (χ2n) is 4.64. The summed E-state index contributed by atoms with van der Waals surface area (Å²) in [5.41, 5.74) is 1.35. The number of rotatable bonds is 3. The van der Waals surface area contributed by atoms with Crippen LogP contribution in [-0.2, 0) is 0 Å². The number of nitrogens with zero attached hydrogens (tertiary/aromatic N) is 1. The maximum atomic E-state index is 12.1. The summed E-state index contributed by atoms with van der Waals surface area (Å²) in [5, 5.41) is 15.3. The van der Waals surface area contributed by atoms with Crippen LogP contribution in [0.1, 0.15) is 23.3 Å². The van der Waals surface area contributed by atoms with E-state index < -0.39 is 0 Å². The highest BCUT2D eigenvalue weighted by Crippen LogP contribution is 2.22. The number of aromatic amines is 1. The van der Waals surface area contributed by atoms with E-state index in [1.54, 1.807) is 11.3 Å². The normalized spacial score (nSPS) is 16.4. The monoisotopic (exact) mass is 276 g/mol. The topological polar surface area (TPSA) is 69.8 Å². The van der Waals surface area contributed by atoms with Crippen LogP contribution in [0, 0.1) is 0 Å². The van der Waals surface area contributed by atoms with E-state index in [4.69, 9.17) is 0 Å². The molecule has 100 valence electrons. The molecular formula is C13H16N4OS. The molecule has 0 saturated carbocycles. The van der Waals surface area contributed by atoms with E-state index in [2.05, 4.69) is 20.8 Å². The zero-order valence-corrected chi connectivity index (χ0v) is 11.3. The summed E-state index contributed by atoms with van der Waals surface area (Å²) in [6.45, 7) is 1.93. The number of nitrogens with one attached hydrogen (secondary N) is 3. The lowest BCUT2D eigenvalue weighted by Crippen LogP contribution is -2.42. The first-order chi connectivity index (χ1) is 9.33. The maximum absolute atomic E-state index is 12.1. The van der Waals surface area contributed by atoms with Crippen molar-refractivity contribution in [3.05, 3.63) is 29.3 Å². The van der Waals surface area contributed by atoms with Gasteiger partial charge in [-0.1, -0.05) is 6.07 Å². The van der Waals surface area contributed by atoms with Gasteiger partial charge < -0.3 is 10.6 Å². The number of hydrogen-bond acceptors (Lipinski definition) is 4. The lowest BCUT2D eigenvalue weighted by atomic mass is 10.1. The van der Waals surface area contributed by atoms with Gasteiger partial charge in [-0.15, -0.1) is 11.3 Å². The highest BCUT2D eigenvalue weighted by atomic mass is 32.1. The lowest BCUT2D eigenvalue weighted by Gasteiger charge is -2.23. The Bertz CT molecular complexity index is 543. The van der Waals surface area contributed by atoms with Crippen molar-refractivity contribution in [2.24, 2.45) is 0 Å². The number of H-pyrrole nitrogens is 1. The van der Waals surface area contributed by atoms with Gasteiger partial charge in [0, 0.05) is 6.04 Å². The molecule has 0 unspecified atom stereocenters. The van der Waals surface area contributed by atoms with Gasteiger partial charge in [-0.3, -0.25) is 9.89 Å². The average molecular weight is 276 g/mol. The van der Waals surface area contributed by atoms with E-state index in [0.717, 1.165) is 36.5 Å². The lowest BCUT2D eigenvalue weighted by molar-refractivity contribution is 0.0924. The first-order valence-electron chi connectivity index (χ1n) is 6.44. The Morgan fingerprint density at radius 2 is 2.26 bits per heavy atom. The van der Waals surface area contributed by atoms with Crippen molar-refractivity contribution in [1.29, 1.82) is 0 Å². The standard InChI is InChI=1S/C13H16N4OS/c18-13(15-9-3-5-14-6-4-9)11-8-10(16-17-11)12-2-1-7-19-12/h1-2,7-9,14H,3-6H2,(H,15,18)(H,16,17). The zero-order chi connectivity index (χ0) is 13.1. The highest BCUT2D eigenvalue weighted by molar-refractivity contribution is 7.13. The predicted octanol–water partition coefficient (Wildman–Crippen LogP) is 1.62. The number of aromatic nitrogens is 2. The number of carbonyl (C=O) groups is 1. The number of hydrogen-bond donors (Lipinski definition) is 3. The molecule has 3 N–H and O–H groups in total. The molecule has 2 aromatic rings. The fraction of sp³-hybridized carbons (Fsp3) is 0.385. The van der Waals surface area contributed by atoms with Crippen molar-refractivity contribution in [3.63, 3.8) is 0 Å². The van der Waals surface area contributed by atoms with Gasteiger partial charge in [0.05, 0.1) is 10.6 Å². The molecule has 0 aliphatic carbocycles. The van der Waals surface area contributed by atoms with Crippen LogP contribution in [0.25, 0.3) is 10.6 Å². The zero-order valence-electron chi connectivity index (χ0n) is 10.5. The summed E-state index contributed by atoms with van der Waals surface area (Å²) >= 11 is 1.63. The molecule has 6 heteroatoms. The molecule has 1 aliphatic heterocycles. The van der Waals surface area contributed by atoms with E-state index >= 15 is 0 Å². The van der Waals surface area contributed by atoms with Gasteiger partial charge in [-0.05, 0) is 43.4 Å². The Balaban J connectivity index is 1.67. The molecule has 19 heavy (non-hydrogen) atoms. The minimum Gasteiger partial charge on any atom is -0.348 e. The molecule has 1 fully saturated rings. The van der Waals surface area contributed by atoms with E-state index in [1.807, 2.05) is 23.6 Å². The van der Waals surface area contributed by atoms with Crippen LogP contribution in [0.4, 0.5) is 0 Å². The minimum atomic E-state index is -0.0917. The van der Waals surface area contributed by atoms with Crippen molar-refractivity contribution < 1.29 is 4.79 Å². The quantitative estimate of drug-likeness (QED) is 0.798. The molecule has 2 aromatic heterocycles. The predicted molar refractivity (Wildman–Crippen MR) is 75.3 cm³/mol. The summed E-state index contributed by atoms with van der Waals surface area (Å²) in [6, 6.07) is 6.06. The van der Waals surface area contributed by atoms with Gasteiger partial charge in [0.1, 0.15) is 0 Å². The Labute approximate surface area is 115 Å². The van der Waals surface area contributed by atoms with Crippen LogP contribution in [-0.4, -0.2) is 35.2 Å². The van der Waals surface area contributed by atoms with Gasteiger partial charge >= 0.3 is 0 Å². The molecule has 0 atom stereocenters. The minimum absolute atomic E-state index is 0.0917.